The smallest absolute Gasteiger partial charge is 0.302 e. The molecule has 0 aromatic heterocycles. The van der Waals surface area contributed by atoms with Gasteiger partial charge in [-0.25, -0.2) is 0 Å². The summed E-state index contributed by atoms with van der Waals surface area (Å²) < 4.78 is 33.5. The first kappa shape index (κ1) is 56.8. The third-order valence-corrected chi connectivity index (χ3v) is 9.15. The van der Waals surface area contributed by atoms with Crippen molar-refractivity contribution in [2.75, 3.05) is 85.9 Å². The van der Waals surface area contributed by atoms with Gasteiger partial charge in [-0.2, -0.15) is 0 Å². The SMILES string of the molecule is CC(CO)(CO)CO.CCCC(OCC(C)(CC)CC)OCC(C)(COC(C)=O)COC(C)=O.CCCC(OCC(C)(CO)CO)OCC(C)(CO)CO. The lowest BCUT2D eigenvalue weighted by Crippen LogP contribution is -2.38. The lowest BCUT2D eigenvalue weighted by Gasteiger charge is -2.32. The number of carbonyl (C=O) groups excluding carboxylic acids is 2. The van der Waals surface area contributed by atoms with E-state index in [1.54, 1.807) is 20.8 Å². The molecule has 0 radical (unpaired) electrons. The van der Waals surface area contributed by atoms with Gasteiger partial charge in [0.2, 0.25) is 0 Å². The van der Waals surface area contributed by atoms with Crippen molar-refractivity contribution in [2.45, 2.75) is 127 Å². The number of aliphatic hydroxyl groups is 7. The van der Waals surface area contributed by atoms with E-state index >= 15 is 0 Å². The van der Waals surface area contributed by atoms with Crippen LogP contribution in [0.2, 0.25) is 0 Å². The molecule has 7 N–H and O–H groups in total. The van der Waals surface area contributed by atoms with Gasteiger partial charge in [-0.3, -0.25) is 9.59 Å². The summed E-state index contributed by atoms with van der Waals surface area (Å²) in [7, 11) is 0. The first-order chi connectivity index (χ1) is 25.2. The van der Waals surface area contributed by atoms with Crippen LogP contribution in [-0.4, -0.2) is 146 Å². The van der Waals surface area contributed by atoms with Gasteiger partial charge in [0.05, 0.1) is 78.1 Å². The van der Waals surface area contributed by atoms with Crippen LogP contribution in [-0.2, 0) is 38.0 Å². The van der Waals surface area contributed by atoms with Gasteiger partial charge >= 0.3 is 11.9 Å². The number of hydrogen-bond donors (Lipinski definition) is 7. The number of ether oxygens (including phenoxy) is 6. The van der Waals surface area contributed by atoms with Crippen molar-refractivity contribution in [3.05, 3.63) is 0 Å². The zero-order valence-electron chi connectivity index (χ0n) is 35.5. The van der Waals surface area contributed by atoms with E-state index in [1.807, 2.05) is 13.8 Å². The molecular weight excluding hydrogens is 708 g/mol. The van der Waals surface area contributed by atoms with E-state index in [4.69, 9.17) is 43.7 Å². The van der Waals surface area contributed by atoms with Gasteiger partial charge in [0, 0.05) is 30.1 Å². The summed E-state index contributed by atoms with van der Waals surface area (Å²) in [5.74, 6) is -0.746. The largest absolute Gasteiger partial charge is 0.465 e. The van der Waals surface area contributed by atoms with Crippen LogP contribution in [0, 0.1) is 27.1 Å². The number of carbonyl (C=O) groups is 2. The molecule has 0 rings (SSSR count). The third-order valence-electron chi connectivity index (χ3n) is 9.15. The Morgan fingerprint density at radius 1 is 0.426 bits per heavy atom. The minimum atomic E-state index is -0.708. The summed E-state index contributed by atoms with van der Waals surface area (Å²) in [6.07, 6.45) is 4.51. The molecule has 0 saturated heterocycles. The first-order valence-corrected chi connectivity index (χ1v) is 19.2. The van der Waals surface area contributed by atoms with E-state index in [9.17, 15) is 30.0 Å². The Morgan fingerprint density at radius 3 is 0.889 bits per heavy atom. The molecule has 0 amide bonds. The van der Waals surface area contributed by atoms with Crippen LogP contribution < -0.4 is 0 Å². The molecule has 54 heavy (non-hydrogen) atoms. The first-order valence-electron chi connectivity index (χ1n) is 19.2. The highest BCUT2D eigenvalue weighted by Gasteiger charge is 2.31. The van der Waals surface area contributed by atoms with Crippen LogP contribution in [0.3, 0.4) is 0 Å². The van der Waals surface area contributed by atoms with Crippen LogP contribution in [0.15, 0.2) is 0 Å². The van der Waals surface area contributed by atoms with Crippen LogP contribution in [0.5, 0.6) is 0 Å². The monoisotopic (exact) mass is 789 g/mol. The van der Waals surface area contributed by atoms with Crippen molar-refractivity contribution in [3.8, 4) is 0 Å². The average molecular weight is 789 g/mol. The molecule has 15 nitrogen and oxygen atoms in total. The molecule has 1 unspecified atom stereocenters. The van der Waals surface area contributed by atoms with E-state index in [0.29, 0.717) is 13.0 Å². The fraction of sp³-hybridized carbons (Fsp3) is 0.949. The number of rotatable bonds is 29. The van der Waals surface area contributed by atoms with Crippen molar-refractivity contribution in [3.63, 3.8) is 0 Å². The zero-order valence-corrected chi connectivity index (χ0v) is 35.5. The highest BCUT2D eigenvalue weighted by Crippen LogP contribution is 2.28. The fourth-order valence-electron chi connectivity index (χ4n) is 3.64. The molecule has 0 aliphatic carbocycles. The quantitative estimate of drug-likeness (QED) is 0.0426. The summed E-state index contributed by atoms with van der Waals surface area (Å²) in [5, 5.41) is 62.3. The minimum Gasteiger partial charge on any atom is -0.465 e. The molecule has 0 fully saturated rings. The van der Waals surface area contributed by atoms with E-state index < -0.39 is 27.9 Å². The second-order valence-electron chi connectivity index (χ2n) is 16.1. The second kappa shape index (κ2) is 30.6. The maximum absolute atomic E-state index is 11.2. The Balaban J connectivity index is -0.000000818. The van der Waals surface area contributed by atoms with Crippen molar-refractivity contribution < 1.29 is 73.8 Å². The van der Waals surface area contributed by atoms with Gasteiger partial charge in [0.1, 0.15) is 13.2 Å². The number of aliphatic hydroxyl groups excluding tert-OH is 7. The van der Waals surface area contributed by atoms with Crippen molar-refractivity contribution >= 4 is 11.9 Å². The Labute approximate surface area is 325 Å². The van der Waals surface area contributed by atoms with E-state index in [0.717, 1.165) is 32.1 Å². The molecule has 326 valence electrons. The number of hydrogen-bond acceptors (Lipinski definition) is 15. The Kier molecular flexibility index (Phi) is 32.2. The van der Waals surface area contributed by atoms with E-state index in [1.165, 1.54) is 13.8 Å². The summed E-state index contributed by atoms with van der Waals surface area (Å²) in [6, 6.07) is 0. The maximum atomic E-state index is 11.2. The van der Waals surface area contributed by atoms with E-state index in [2.05, 4.69) is 27.7 Å². The van der Waals surface area contributed by atoms with Crippen LogP contribution in [0.4, 0.5) is 0 Å². The fourth-order valence-corrected chi connectivity index (χ4v) is 3.64. The predicted molar refractivity (Wildman–Crippen MR) is 205 cm³/mol. The molecule has 0 aliphatic rings. The summed E-state index contributed by atoms with van der Waals surface area (Å²) >= 11 is 0. The molecular formula is C39H80O15. The summed E-state index contributed by atoms with van der Waals surface area (Å²) in [4.78, 5) is 22.3. The zero-order chi connectivity index (χ0) is 42.5. The van der Waals surface area contributed by atoms with Gasteiger partial charge in [0.25, 0.3) is 0 Å². The Bertz CT molecular complexity index is 867. The number of esters is 2. The average Bonchev–Trinajstić information content (AvgIpc) is 3.18. The van der Waals surface area contributed by atoms with Crippen molar-refractivity contribution in [2.24, 2.45) is 27.1 Å². The molecule has 15 heteroatoms. The topological polar surface area (TPSA) is 231 Å². The van der Waals surface area contributed by atoms with Crippen molar-refractivity contribution in [1.29, 1.82) is 0 Å². The van der Waals surface area contributed by atoms with Crippen LogP contribution >= 0.6 is 0 Å². The molecule has 0 saturated carbocycles. The molecule has 0 aromatic rings. The molecule has 0 spiro atoms. The molecule has 0 heterocycles. The highest BCUT2D eigenvalue weighted by atomic mass is 16.7. The van der Waals surface area contributed by atoms with Crippen molar-refractivity contribution in [1.82, 2.24) is 0 Å². The minimum absolute atomic E-state index is 0.121. The van der Waals surface area contributed by atoms with Crippen LogP contribution in [0.1, 0.15) is 115 Å². The Morgan fingerprint density at radius 2 is 0.685 bits per heavy atom. The summed E-state index contributed by atoms with van der Waals surface area (Å²) in [5.41, 5.74) is -2.60. The molecule has 0 bridgehead atoms. The van der Waals surface area contributed by atoms with Gasteiger partial charge in [0.15, 0.2) is 12.6 Å². The predicted octanol–water partition coefficient (Wildman–Crippen LogP) is 3.20. The van der Waals surface area contributed by atoms with Gasteiger partial charge in [-0.05, 0) is 31.1 Å². The standard InChI is InChI=1S/C20H38O6.C14H30O6.C5H12O3/c1-8-11-18(25-12-19(6,9-2)10-3)26-15-20(7,13-23-16(4)21)14-24-17(5)22;1-4-5-12(19-10-13(2,6-15)7-16)20-11-14(3,8-17)9-18;1-5(2-6,3-7)4-8/h18H,8-15H2,1-7H3;12,15-18H,4-11H2,1-3H3;6-8H,2-4H2,1H3. The third kappa shape index (κ3) is 27.2. The van der Waals surface area contributed by atoms with Gasteiger partial charge < -0.3 is 64.2 Å². The highest BCUT2D eigenvalue weighted by molar-refractivity contribution is 5.66. The Hall–Kier alpha value is -1.50. The maximum Gasteiger partial charge on any atom is 0.302 e. The van der Waals surface area contributed by atoms with E-state index in [-0.39, 0.29) is 103 Å². The lowest BCUT2D eigenvalue weighted by molar-refractivity contribution is -0.190. The molecule has 0 aromatic carbocycles. The lowest BCUT2D eigenvalue weighted by atomic mass is 9.86. The van der Waals surface area contributed by atoms with Crippen LogP contribution in [0.25, 0.3) is 0 Å². The van der Waals surface area contributed by atoms with Gasteiger partial charge in [-0.1, -0.05) is 75.2 Å². The normalized spacial score (nSPS) is 13.1. The molecule has 0 aliphatic heterocycles. The summed E-state index contributed by atoms with van der Waals surface area (Å²) in [6.45, 7) is 20.5. The van der Waals surface area contributed by atoms with Gasteiger partial charge in [-0.15, -0.1) is 0 Å². The molecule has 1 atom stereocenters. The second-order valence-corrected chi connectivity index (χ2v) is 16.1.